The van der Waals surface area contributed by atoms with Gasteiger partial charge in [0, 0.05) is 24.7 Å². The van der Waals surface area contributed by atoms with Crippen LogP contribution in [0.1, 0.15) is 31.2 Å². The molecule has 1 N–H and O–H groups in total. The van der Waals surface area contributed by atoms with E-state index in [1.807, 2.05) is 53.1 Å². The molecule has 0 saturated carbocycles. The van der Waals surface area contributed by atoms with Gasteiger partial charge >= 0.3 is 6.09 Å². The Bertz CT molecular complexity index is 1570. The van der Waals surface area contributed by atoms with E-state index in [0.29, 0.717) is 23.4 Å². The summed E-state index contributed by atoms with van der Waals surface area (Å²) in [5.74, 6) is 1.35. The Labute approximate surface area is 206 Å². The van der Waals surface area contributed by atoms with Crippen LogP contribution in [0.15, 0.2) is 65.6 Å². The highest BCUT2D eigenvalue weighted by molar-refractivity contribution is 5.81. The number of carbonyl (C=O) groups is 1. The molecule has 0 aliphatic rings. The molecule has 0 amide bonds. The second kappa shape index (κ2) is 9.95. The van der Waals surface area contributed by atoms with Crippen molar-refractivity contribution in [3.8, 4) is 22.5 Å². The van der Waals surface area contributed by atoms with Crippen LogP contribution in [0.3, 0.4) is 0 Å². The number of unbranched alkanes of at least 4 members (excludes halogenated alkanes) is 1. The van der Waals surface area contributed by atoms with Crippen molar-refractivity contribution in [2.24, 2.45) is 0 Å². The molecule has 10 nitrogen and oxygen atoms in total. The second-order valence-corrected chi connectivity index (χ2v) is 8.39. The number of tetrazole rings is 1. The number of hydrogen-bond acceptors (Lipinski definition) is 7. The van der Waals surface area contributed by atoms with Crippen LogP contribution in [0.5, 0.6) is 0 Å². The predicted octanol–water partition coefficient (Wildman–Crippen LogP) is 4.05. The van der Waals surface area contributed by atoms with Crippen molar-refractivity contribution in [2.45, 2.75) is 32.7 Å². The first kappa shape index (κ1) is 23.2. The molecule has 0 bridgehead atoms. The molecule has 10 heteroatoms. The van der Waals surface area contributed by atoms with Crippen LogP contribution in [0.4, 0.5) is 4.79 Å². The Balaban J connectivity index is 1.53. The van der Waals surface area contributed by atoms with Gasteiger partial charge in [0.1, 0.15) is 11.3 Å². The number of fused-ring (bicyclic) bond motifs is 1. The van der Waals surface area contributed by atoms with Crippen LogP contribution in [-0.4, -0.2) is 47.9 Å². The number of aromatic amines is 1. The molecule has 3 aromatic heterocycles. The minimum absolute atomic E-state index is 0.389. The van der Waals surface area contributed by atoms with Crippen molar-refractivity contribution in [1.29, 1.82) is 0 Å². The first-order chi connectivity index (χ1) is 17.6. The van der Waals surface area contributed by atoms with Gasteiger partial charge in [0.25, 0.3) is 5.56 Å². The van der Waals surface area contributed by atoms with Gasteiger partial charge in [-0.25, -0.2) is 14.3 Å². The molecule has 3 heterocycles. The lowest BCUT2D eigenvalue weighted by Gasteiger charge is -2.11. The van der Waals surface area contributed by atoms with Crippen LogP contribution in [0.2, 0.25) is 0 Å². The molecule has 0 atom stereocenters. The SMILES string of the molecule is CCCCc1nc2ccn(C(=O)OC)c(=O)c2n1Cc1ccc(-c2ccccc2-c2nn[nH]n2)cc1. The van der Waals surface area contributed by atoms with E-state index in [2.05, 4.69) is 27.5 Å². The van der Waals surface area contributed by atoms with E-state index in [-0.39, 0.29) is 0 Å². The smallest absolute Gasteiger partial charge is 0.420 e. The molecule has 0 unspecified atom stereocenters. The molecule has 0 radical (unpaired) electrons. The highest BCUT2D eigenvalue weighted by atomic mass is 16.5. The van der Waals surface area contributed by atoms with Crippen LogP contribution in [0, 0.1) is 0 Å². The number of hydrogen-bond donors (Lipinski definition) is 1. The number of rotatable bonds is 7. The number of aromatic nitrogens is 7. The largest absolute Gasteiger partial charge is 0.452 e. The van der Waals surface area contributed by atoms with Crippen LogP contribution < -0.4 is 5.56 Å². The van der Waals surface area contributed by atoms with Gasteiger partial charge < -0.3 is 9.30 Å². The molecule has 2 aromatic carbocycles. The van der Waals surface area contributed by atoms with E-state index in [0.717, 1.165) is 51.9 Å². The van der Waals surface area contributed by atoms with Crippen molar-refractivity contribution in [1.82, 2.24) is 34.7 Å². The van der Waals surface area contributed by atoms with Crippen LogP contribution in [-0.2, 0) is 17.7 Å². The Morgan fingerprint density at radius 2 is 1.83 bits per heavy atom. The third kappa shape index (κ3) is 4.28. The van der Waals surface area contributed by atoms with E-state index in [1.54, 1.807) is 6.07 Å². The fraction of sp³-hybridized carbons (Fsp3) is 0.231. The zero-order valence-electron chi connectivity index (χ0n) is 20.0. The lowest BCUT2D eigenvalue weighted by Crippen LogP contribution is -2.28. The van der Waals surface area contributed by atoms with Crippen LogP contribution >= 0.6 is 0 Å². The lowest BCUT2D eigenvalue weighted by atomic mass is 9.98. The zero-order valence-corrected chi connectivity index (χ0v) is 20.0. The number of pyridine rings is 1. The molecule has 0 aliphatic heterocycles. The van der Waals surface area contributed by atoms with Crippen molar-refractivity contribution in [3.63, 3.8) is 0 Å². The summed E-state index contributed by atoms with van der Waals surface area (Å²) in [5.41, 5.74) is 4.39. The maximum absolute atomic E-state index is 13.2. The first-order valence-corrected chi connectivity index (χ1v) is 11.7. The average Bonchev–Trinajstić information content (AvgIpc) is 3.57. The van der Waals surface area contributed by atoms with Crippen LogP contribution in [0.25, 0.3) is 33.5 Å². The molecule has 5 aromatic rings. The third-order valence-corrected chi connectivity index (χ3v) is 6.12. The molecule has 0 saturated heterocycles. The Morgan fingerprint density at radius 3 is 2.53 bits per heavy atom. The second-order valence-electron chi connectivity index (χ2n) is 8.39. The highest BCUT2D eigenvalue weighted by Gasteiger charge is 2.18. The predicted molar refractivity (Wildman–Crippen MR) is 135 cm³/mol. The fourth-order valence-electron chi connectivity index (χ4n) is 4.30. The molecule has 0 aliphatic carbocycles. The van der Waals surface area contributed by atoms with Gasteiger partial charge in [-0.15, -0.1) is 10.2 Å². The van der Waals surface area contributed by atoms with Gasteiger partial charge in [0.15, 0.2) is 0 Å². The highest BCUT2D eigenvalue weighted by Crippen LogP contribution is 2.30. The normalized spacial score (nSPS) is 11.2. The molecular formula is C26H25N7O3. The van der Waals surface area contributed by atoms with Gasteiger partial charge in [-0.3, -0.25) is 4.79 Å². The van der Waals surface area contributed by atoms with E-state index in [9.17, 15) is 9.59 Å². The number of methoxy groups -OCH3 is 1. The summed E-state index contributed by atoms with van der Waals surface area (Å²) >= 11 is 0. The molecule has 182 valence electrons. The average molecular weight is 484 g/mol. The Morgan fingerprint density at radius 1 is 1.06 bits per heavy atom. The summed E-state index contributed by atoms with van der Waals surface area (Å²) in [7, 11) is 1.25. The zero-order chi connectivity index (χ0) is 25.1. The minimum atomic E-state index is -0.727. The Kier molecular flexibility index (Phi) is 6.40. The van der Waals surface area contributed by atoms with Crippen molar-refractivity contribution in [2.75, 3.05) is 7.11 Å². The number of benzene rings is 2. The topological polar surface area (TPSA) is 121 Å². The number of nitrogens with one attached hydrogen (secondary N) is 1. The number of carbonyl (C=O) groups excluding carboxylic acids is 1. The van der Waals surface area contributed by atoms with E-state index in [1.165, 1.54) is 13.3 Å². The number of imidazole rings is 1. The van der Waals surface area contributed by atoms with Crippen molar-refractivity contribution >= 4 is 17.1 Å². The molecular weight excluding hydrogens is 458 g/mol. The van der Waals surface area contributed by atoms with E-state index >= 15 is 0 Å². The van der Waals surface area contributed by atoms with Gasteiger partial charge in [-0.2, -0.15) is 5.21 Å². The third-order valence-electron chi connectivity index (χ3n) is 6.12. The van der Waals surface area contributed by atoms with Gasteiger partial charge in [-0.05, 0) is 34.4 Å². The first-order valence-electron chi connectivity index (χ1n) is 11.7. The Hall–Kier alpha value is -4.60. The lowest BCUT2D eigenvalue weighted by molar-refractivity contribution is 0.172. The summed E-state index contributed by atoms with van der Waals surface area (Å²) in [4.78, 5) is 30.0. The number of ether oxygens (including phenoxy) is 1. The summed E-state index contributed by atoms with van der Waals surface area (Å²) in [6, 6.07) is 17.7. The van der Waals surface area contributed by atoms with E-state index in [4.69, 9.17) is 9.72 Å². The number of nitrogens with zero attached hydrogens (tertiary/aromatic N) is 6. The maximum Gasteiger partial charge on any atom is 0.420 e. The molecule has 0 fully saturated rings. The fourth-order valence-corrected chi connectivity index (χ4v) is 4.30. The van der Waals surface area contributed by atoms with Gasteiger partial charge in [0.2, 0.25) is 5.82 Å². The monoisotopic (exact) mass is 483 g/mol. The number of aryl methyl sites for hydroxylation is 1. The molecule has 5 rings (SSSR count). The van der Waals surface area contributed by atoms with Gasteiger partial charge in [0.05, 0.1) is 12.6 Å². The maximum atomic E-state index is 13.2. The summed E-state index contributed by atoms with van der Waals surface area (Å²) in [5, 5.41) is 14.4. The summed E-state index contributed by atoms with van der Waals surface area (Å²) in [6.07, 6.45) is 3.37. The quantitative estimate of drug-likeness (QED) is 0.371. The van der Waals surface area contributed by atoms with E-state index < -0.39 is 11.7 Å². The van der Waals surface area contributed by atoms with Crippen molar-refractivity contribution in [3.05, 3.63) is 82.5 Å². The molecule has 0 spiro atoms. The standard InChI is InChI=1S/C26H25N7O3/c1-3-4-9-22-27-21-14-15-32(26(35)36-2)25(34)23(21)33(22)16-17-10-12-18(13-11-17)19-7-5-6-8-20(19)24-28-30-31-29-24/h5-8,10-15H,3-4,9,16H2,1-2H3,(H,28,29,30,31). The minimum Gasteiger partial charge on any atom is -0.452 e. The van der Waals surface area contributed by atoms with Crippen molar-refractivity contribution < 1.29 is 9.53 Å². The summed E-state index contributed by atoms with van der Waals surface area (Å²) in [6.45, 7) is 2.56. The number of H-pyrrole nitrogens is 1. The van der Waals surface area contributed by atoms with Gasteiger partial charge in [-0.1, -0.05) is 61.9 Å². The molecule has 36 heavy (non-hydrogen) atoms. The summed E-state index contributed by atoms with van der Waals surface area (Å²) < 4.78 is 7.65.